The Morgan fingerprint density at radius 2 is 1.65 bits per heavy atom. The van der Waals surface area contributed by atoms with Crippen molar-refractivity contribution in [3.8, 4) is 0 Å². The highest BCUT2D eigenvalue weighted by Gasteiger charge is 2.13. The molecule has 0 radical (unpaired) electrons. The van der Waals surface area contributed by atoms with E-state index in [2.05, 4.69) is 29.7 Å². The molecule has 0 aliphatic rings. The largest absolute Gasteiger partial charge is 0.329 e. The number of hydrazone groups is 1. The fraction of sp³-hybridized carbons (Fsp3) is 0.167. The molecule has 2 aromatic rings. The Hall–Kier alpha value is -3.55. The Kier molecular flexibility index (Phi) is 6.15. The van der Waals surface area contributed by atoms with Crippen LogP contribution in [0.1, 0.15) is 30.9 Å². The van der Waals surface area contributed by atoms with Crippen molar-refractivity contribution >= 4 is 29.4 Å². The first kappa shape index (κ1) is 18.8. The van der Waals surface area contributed by atoms with Crippen molar-refractivity contribution in [2.45, 2.75) is 19.8 Å². The van der Waals surface area contributed by atoms with Gasteiger partial charge in [0.2, 0.25) is 0 Å². The van der Waals surface area contributed by atoms with Gasteiger partial charge in [0.25, 0.3) is 5.69 Å². The number of hydrogen-bond donors (Lipinski definition) is 2. The molecule has 2 amide bonds. The molecule has 0 atom stereocenters. The van der Waals surface area contributed by atoms with Gasteiger partial charge in [-0.3, -0.25) is 19.7 Å². The van der Waals surface area contributed by atoms with Crippen LogP contribution in [0.15, 0.2) is 53.6 Å². The van der Waals surface area contributed by atoms with Crippen LogP contribution in [-0.2, 0) is 9.59 Å². The van der Waals surface area contributed by atoms with E-state index in [0.29, 0.717) is 5.92 Å². The highest BCUT2D eigenvalue weighted by atomic mass is 16.6. The van der Waals surface area contributed by atoms with Gasteiger partial charge in [-0.1, -0.05) is 38.1 Å². The molecule has 8 nitrogen and oxygen atoms in total. The minimum absolute atomic E-state index is 0.111. The predicted octanol–water partition coefficient (Wildman–Crippen LogP) is 2.81. The molecule has 0 saturated heterocycles. The molecule has 134 valence electrons. The molecule has 0 unspecified atom stereocenters. The van der Waals surface area contributed by atoms with Crippen molar-refractivity contribution in [2.75, 3.05) is 5.32 Å². The summed E-state index contributed by atoms with van der Waals surface area (Å²) >= 11 is 0. The minimum Gasteiger partial charge on any atom is -0.318 e. The lowest BCUT2D eigenvalue weighted by atomic mass is 10.0. The number of benzene rings is 2. The molecule has 0 fully saturated rings. The van der Waals surface area contributed by atoms with Crippen molar-refractivity contribution in [2.24, 2.45) is 5.10 Å². The third-order valence-corrected chi connectivity index (χ3v) is 3.53. The number of carbonyl (C=O) groups is 2. The van der Waals surface area contributed by atoms with Gasteiger partial charge < -0.3 is 5.32 Å². The Morgan fingerprint density at radius 3 is 2.19 bits per heavy atom. The number of carbonyl (C=O) groups excluding carboxylic acids is 2. The van der Waals surface area contributed by atoms with Gasteiger partial charge >= 0.3 is 11.8 Å². The van der Waals surface area contributed by atoms with Gasteiger partial charge in [0, 0.05) is 17.8 Å². The number of nitro groups is 1. The molecule has 26 heavy (non-hydrogen) atoms. The predicted molar refractivity (Wildman–Crippen MR) is 98.0 cm³/mol. The van der Waals surface area contributed by atoms with Crippen LogP contribution in [0.3, 0.4) is 0 Å². The van der Waals surface area contributed by atoms with E-state index >= 15 is 0 Å². The first-order chi connectivity index (χ1) is 12.4. The summed E-state index contributed by atoms with van der Waals surface area (Å²) < 4.78 is 0. The standard InChI is InChI=1S/C18H18N4O4/c1-12(2)14-5-3-13(4-6-14)11-19-21-18(24)17(23)20-15-7-9-16(10-8-15)22(25)26/h3-12H,1-2H3,(H,20,23)(H,21,24)/b19-11-. The molecule has 0 spiro atoms. The summed E-state index contributed by atoms with van der Waals surface area (Å²) in [5.41, 5.74) is 4.26. The number of hydrogen-bond acceptors (Lipinski definition) is 5. The van der Waals surface area contributed by atoms with E-state index in [1.54, 1.807) is 0 Å². The van der Waals surface area contributed by atoms with E-state index in [4.69, 9.17) is 0 Å². The summed E-state index contributed by atoms with van der Waals surface area (Å²) in [6.07, 6.45) is 1.43. The highest BCUT2D eigenvalue weighted by molar-refractivity contribution is 6.39. The van der Waals surface area contributed by atoms with Crippen molar-refractivity contribution in [1.82, 2.24) is 5.43 Å². The average molecular weight is 354 g/mol. The first-order valence-corrected chi connectivity index (χ1v) is 7.85. The second-order valence-electron chi connectivity index (χ2n) is 5.78. The molecular weight excluding hydrogens is 336 g/mol. The van der Waals surface area contributed by atoms with Crippen LogP contribution in [-0.4, -0.2) is 23.0 Å². The van der Waals surface area contributed by atoms with Crippen molar-refractivity contribution in [3.63, 3.8) is 0 Å². The van der Waals surface area contributed by atoms with Crippen molar-refractivity contribution in [1.29, 1.82) is 0 Å². The molecule has 0 aliphatic carbocycles. The summed E-state index contributed by atoms with van der Waals surface area (Å²) in [5, 5.41) is 16.6. The van der Waals surface area contributed by atoms with E-state index in [-0.39, 0.29) is 11.4 Å². The number of non-ortho nitro benzene ring substituents is 1. The average Bonchev–Trinajstić information content (AvgIpc) is 2.62. The molecule has 0 aliphatic heterocycles. The van der Waals surface area contributed by atoms with E-state index in [0.717, 1.165) is 5.56 Å². The Morgan fingerprint density at radius 1 is 1.04 bits per heavy atom. The quantitative estimate of drug-likeness (QED) is 0.372. The maximum atomic E-state index is 11.8. The van der Waals surface area contributed by atoms with Gasteiger partial charge in [0.1, 0.15) is 0 Å². The molecule has 0 saturated carbocycles. The zero-order valence-electron chi connectivity index (χ0n) is 14.3. The summed E-state index contributed by atoms with van der Waals surface area (Å²) in [7, 11) is 0. The SMILES string of the molecule is CC(C)c1ccc(/C=N\NC(=O)C(=O)Nc2ccc([N+](=O)[O-])cc2)cc1. The van der Waals surface area contributed by atoms with Gasteiger partial charge in [-0.25, -0.2) is 5.43 Å². The second kappa shape index (κ2) is 8.52. The van der Waals surface area contributed by atoms with E-state index < -0.39 is 16.7 Å². The van der Waals surface area contributed by atoms with Crippen LogP contribution < -0.4 is 10.7 Å². The minimum atomic E-state index is -0.946. The lowest BCUT2D eigenvalue weighted by Crippen LogP contribution is -2.32. The van der Waals surface area contributed by atoms with Crippen molar-refractivity contribution in [3.05, 3.63) is 69.8 Å². The van der Waals surface area contributed by atoms with Gasteiger partial charge in [-0.15, -0.1) is 0 Å². The van der Waals surface area contributed by atoms with Gasteiger partial charge in [0.05, 0.1) is 11.1 Å². The van der Waals surface area contributed by atoms with Crippen molar-refractivity contribution < 1.29 is 14.5 Å². The van der Waals surface area contributed by atoms with E-state index in [1.165, 1.54) is 36.0 Å². The second-order valence-corrected chi connectivity index (χ2v) is 5.78. The van der Waals surface area contributed by atoms with Crippen LogP contribution in [0, 0.1) is 10.1 Å². The smallest absolute Gasteiger partial charge is 0.318 e. The van der Waals surface area contributed by atoms with Gasteiger partial charge in [-0.2, -0.15) is 5.10 Å². The molecular formula is C18H18N4O4. The van der Waals surface area contributed by atoms with Gasteiger partial charge in [-0.05, 0) is 29.2 Å². The lowest BCUT2D eigenvalue weighted by Gasteiger charge is -2.05. The number of nitro benzene ring substituents is 1. The van der Waals surface area contributed by atoms with Crippen LogP contribution >= 0.6 is 0 Å². The molecule has 0 bridgehead atoms. The third-order valence-electron chi connectivity index (χ3n) is 3.53. The maximum absolute atomic E-state index is 11.8. The monoisotopic (exact) mass is 354 g/mol. The molecule has 2 N–H and O–H groups in total. The molecule has 0 aromatic heterocycles. The summed E-state index contributed by atoms with van der Waals surface area (Å²) in [6, 6.07) is 12.8. The third kappa shape index (κ3) is 5.23. The number of nitrogens with one attached hydrogen (secondary N) is 2. The molecule has 0 heterocycles. The Balaban J connectivity index is 1.88. The number of nitrogens with zero attached hydrogens (tertiary/aromatic N) is 2. The lowest BCUT2D eigenvalue weighted by molar-refractivity contribution is -0.384. The van der Waals surface area contributed by atoms with Crippen LogP contribution in [0.4, 0.5) is 11.4 Å². The maximum Gasteiger partial charge on any atom is 0.329 e. The summed E-state index contributed by atoms with van der Waals surface area (Å²) in [4.78, 5) is 33.5. The van der Waals surface area contributed by atoms with Gasteiger partial charge in [0.15, 0.2) is 0 Å². The topological polar surface area (TPSA) is 114 Å². The van der Waals surface area contributed by atoms with Crippen LogP contribution in [0.2, 0.25) is 0 Å². The zero-order chi connectivity index (χ0) is 19.1. The molecule has 2 rings (SSSR count). The van der Waals surface area contributed by atoms with Crippen LogP contribution in [0.25, 0.3) is 0 Å². The van der Waals surface area contributed by atoms with Crippen LogP contribution in [0.5, 0.6) is 0 Å². The molecule has 2 aromatic carbocycles. The number of rotatable bonds is 5. The first-order valence-electron chi connectivity index (χ1n) is 7.85. The molecule has 8 heteroatoms. The number of anilines is 1. The fourth-order valence-electron chi connectivity index (χ4n) is 2.04. The summed E-state index contributed by atoms with van der Waals surface area (Å²) in [6.45, 7) is 4.18. The van der Waals surface area contributed by atoms with E-state index in [9.17, 15) is 19.7 Å². The zero-order valence-corrected chi connectivity index (χ0v) is 14.3. The summed E-state index contributed by atoms with van der Waals surface area (Å²) in [5.74, 6) is -1.45. The number of amides is 2. The Labute approximate surface area is 150 Å². The highest BCUT2D eigenvalue weighted by Crippen LogP contribution is 2.15. The normalized spacial score (nSPS) is 10.7. The Bertz CT molecular complexity index is 827. The van der Waals surface area contributed by atoms with E-state index in [1.807, 2.05) is 24.3 Å². The fourth-order valence-corrected chi connectivity index (χ4v) is 2.04.